The summed E-state index contributed by atoms with van der Waals surface area (Å²) in [5, 5.41) is 24.4. The zero-order chi connectivity index (χ0) is 34.0. The van der Waals surface area contributed by atoms with Crippen molar-refractivity contribution < 1.29 is 43.4 Å². The highest BCUT2D eigenvalue weighted by Crippen LogP contribution is 2.42. The number of dihydropyridines is 1. The van der Waals surface area contributed by atoms with Gasteiger partial charge in [0.15, 0.2) is 5.78 Å². The smallest absolute Gasteiger partial charge is 0.336 e. The van der Waals surface area contributed by atoms with Crippen LogP contribution in [0.3, 0.4) is 0 Å². The van der Waals surface area contributed by atoms with Crippen LogP contribution in [0, 0.1) is 10.1 Å². The van der Waals surface area contributed by atoms with E-state index in [1.807, 2.05) is 30.3 Å². The summed E-state index contributed by atoms with van der Waals surface area (Å²) in [6.45, 7) is 3.29. The SMILES string of the molecule is COC(=O)C1=C(C)NC(C)=C(C(=O)OC)C1c1ccccc1[N+](=O)[O-].COc1cc(O)c(C(=O)C=Cc2ccccc2)c(OC)c1. The van der Waals surface area contributed by atoms with Crippen molar-refractivity contribution in [3.8, 4) is 17.2 Å². The van der Waals surface area contributed by atoms with E-state index in [0.717, 1.165) is 5.56 Å². The van der Waals surface area contributed by atoms with Crippen molar-refractivity contribution in [2.24, 2.45) is 0 Å². The second kappa shape index (κ2) is 15.7. The van der Waals surface area contributed by atoms with E-state index in [0.29, 0.717) is 17.1 Å². The number of hydrogen-bond donors (Lipinski definition) is 2. The molecule has 12 heteroatoms. The lowest BCUT2D eigenvalue weighted by Gasteiger charge is -2.29. The van der Waals surface area contributed by atoms with Crippen LogP contribution in [0.25, 0.3) is 6.08 Å². The molecular weight excluding hydrogens is 596 g/mol. The zero-order valence-electron chi connectivity index (χ0n) is 26.2. The fourth-order valence-electron chi connectivity index (χ4n) is 4.89. The molecule has 0 atom stereocenters. The van der Waals surface area contributed by atoms with Gasteiger partial charge in [0.1, 0.15) is 22.8 Å². The molecule has 12 nitrogen and oxygen atoms in total. The Morgan fingerprint density at radius 2 is 1.41 bits per heavy atom. The maximum atomic E-state index is 12.3. The van der Waals surface area contributed by atoms with Crippen molar-refractivity contribution in [2.75, 3.05) is 28.4 Å². The van der Waals surface area contributed by atoms with E-state index in [-0.39, 0.29) is 45.2 Å². The summed E-state index contributed by atoms with van der Waals surface area (Å²) in [4.78, 5) is 47.8. The van der Waals surface area contributed by atoms with Gasteiger partial charge in [-0.2, -0.15) is 0 Å². The van der Waals surface area contributed by atoms with Crippen molar-refractivity contribution in [1.82, 2.24) is 5.32 Å². The summed E-state index contributed by atoms with van der Waals surface area (Å²) < 4.78 is 19.8. The van der Waals surface area contributed by atoms with Gasteiger partial charge in [0, 0.05) is 35.2 Å². The Bertz CT molecular complexity index is 1690. The van der Waals surface area contributed by atoms with E-state index in [2.05, 4.69) is 5.32 Å². The Morgan fingerprint density at radius 3 is 1.93 bits per heavy atom. The van der Waals surface area contributed by atoms with Crippen LogP contribution in [-0.2, 0) is 19.1 Å². The van der Waals surface area contributed by atoms with Gasteiger partial charge in [0.25, 0.3) is 5.69 Å². The number of esters is 2. The maximum Gasteiger partial charge on any atom is 0.336 e. The van der Waals surface area contributed by atoms with Crippen LogP contribution in [0.1, 0.15) is 41.3 Å². The van der Waals surface area contributed by atoms with Gasteiger partial charge >= 0.3 is 11.9 Å². The van der Waals surface area contributed by atoms with Crippen molar-refractivity contribution in [3.63, 3.8) is 0 Å². The summed E-state index contributed by atoms with van der Waals surface area (Å²) in [5.74, 6) is -2.14. The van der Waals surface area contributed by atoms with Gasteiger partial charge in [-0.25, -0.2) is 9.59 Å². The van der Waals surface area contributed by atoms with Gasteiger partial charge in [0.05, 0.1) is 50.4 Å². The number of rotatable bonds is 9. The van der Waals surface area contributed by atoms with Crippen LogP contribution in [0.4, 0.5) is 5.69 Å². The first-order chi connectivity index (χ1) is 22.0. The molecule has 0 spiro atoms. The molecule has 0 radical (unpaired) electrons. The van der Waals surface area contributed by atoms with Gasteiger partial charge < -0.3 is 29.4 Å². The standard InChI is InChI=1S/C17H18N2O6.C17H16O4/c1-9-13(16(20)24-3)15(14(10(2)18-9)17(21)25-4)11-7-5-6-8-12(11)19(22)23;1-20-13-10-15(19)17(16(11-13)21-2)14(18)9-8-12-6-4-3-5-7-12/h5-8,15,18H,1-4H3;3-11,19H,1-2H3. The normalized spacial score (nSPS) is 12.9. The first kappa shape index (κ1) is 34.6. The number of phenols is 1. The third-order valence-electron chi connectivity index (χ3n) is 7.00. The van der Waals surface area contributed by atoms with Crippen molar-refractivity contribution in [3.05, 3.63) is 122 Å². The summed E-state index contributed by atoms with van der Waals surface area (Å²) in [6, 6.07) is 18.3. The summed E-state index contributed by atoms with van der Waals surface area (Å²) in [6.07, 6.45) is 3.09. The predicted molar refractivity (Wildman–Crippen MR) is 169 cm³/mol. The average Bonchev–Trinajstić information content (AvgIpc) is 3.06. The fraction of sp³-hybridized carbons (Fsp3) is 0.206. The maximum absolute atomic E-state index is 12.3. The lowest BCUT2D eigenvalue weighted by molar-refractivity contribution is -0.385. The number of carbonyl (C=O) groups excluding carboxylic acids is 3. The molecule has 0 saturated heterocycles. The molecule has 0 amide bonds. The van der Waals surface area contributed by atoms with Crippen LogP contribution in [-0.4, -0.2) is 56.2 Å². The molecule has 4 rings (SSSR count). The zero-order valence-corrected chi connectivity index (χ0v) is 26.2. The lowest BCUT2D eigenvalue weighted by Crippen LogP contribution is -2.32. The molecule has 0 unspecified atom stereocenters. The Hall–Kier alpha value is -5.91. The first-order valence-electron chi connectivity index (χ1n) is 13.8. The molecule has 46 heavy (non-hydrogen) atoms. The minimum Gasteiger partial charge on any atom is -0.507 e. The number of nitrogens with one attached hydrogen (secondary N) is 1. The molecule has 3 aromatic rings. The first-order valence-corrected chi connectivity index (χ1v) is 13.8. The largest absolute Gasteiger partial charge is 0.507 e. The number of para-hydroxylation sites is 1. The Labute approximate surface area is 265 Å². The van der Waals surface area contributed by atoms with E-state index in [1.54, 1.807) is 32.1 Å². The number of nitrogens with zero attached hydrogens (tertiary/aromatic N) is 1. The molecule has 3 aromatic carbocycles. The highest BCUT2D eigenvalue weighted by molar-refractivity contribution is 6.10. The van der Waals surface area contributed by atoms with E-state index in [4.69, 9.17) is 18.9 Å². The molecule has 1 aliphatic heterocycles. The van der Waals surface area contributed by atoms with Gasteiger partial charge in [-0.05, 0) is 25.5 Å². The summed E-state index contributed by atoms with van der Waals surface area (Å²) in [7, 11) is 5.33. The van der Waals surface area contributed by atoms with E-state index in [9.17, 15) is 29.6 Å². The van der Waals surface area contributed by atoms with E-state index in [1.165, 1.54) is 58.8 Å². The minimum atomic E-state index is -0.970. The fourth-order valence-corrected chi connectivity index (χ4v) is 4.89. The molecule has 2 N–H and O–H groups in total. The van der Waals surface area contributed by atoms with Crippen molar-refractivity contribution in [2.45, 2.75) is 19.8 Å². The van der Waals surface area contributed by atoms with E-state index >= 15 is 0 Å². The molecular formula is C34H34N2O10. The van der Waals surface area contributed by atoms with Gasteiger partial charge in [-0.1, -0.05) is 54.6 Å². The number of nitro benzene ring substituents is 1. The third-order valence-corrected chi connectivity index (χ3v) is 7.00. The van der Waals surface area contributed by atoms with Gasteiger partial charge in [-0.15, -0.1) is 0 Å². The Kier molecular flexibility index (Phi) is 11.8. The number of phenolic OH excluding ortho intramolecular Hbond substituents is 1. The second-order valence-corrected chi connectivity index (χ2v) is 9.77. The van der Waals surface area contributed by atoms with Crippen LogP contribution in [0.2, 0.25) is 0 Å². The number of benzene rings is 3. The predicted octanol–water partition coefficient (Wildman–Crippen LogP) is 5.48. The van der Waals surface area contributed by atoms with Crippen molar-refractivity contribution >= 4 is 29.5 Å². The molecule has 0 fully saturated rings. The molecule has 240 valence electrons. The number of ketones is 1. The third kappa shape index (κ3) is 7.78. The number of hydrogen-bond acceptors (Lipinski definition) is 11. The summed E-state index contributed by atoms with van der Waals surface area (Å²) in [5.41, 5.74) is 2.21. The average molecular weight is 631 g/mol. The number of methoxy groups -OCH3 is 4. The highest BCUT2D eigenvalue weighted by Gasteiger charge is 2.40. The number of ether oxygens (including phenoxy) is 4. The molecule has 0 aliphatic carbocycles. The van der Waals surface area contributed by atoms with Gasteiger partial charge in [0.2, 0.25) is 0 Å². The molecule has 1 aliphatic rings. The van der Waals surface area contributed by atoms with Crippen molar-refractivity contribution in [1.29, 1.82) is 0 Å². The molecule has 0 bridgehead atoms. The number of aromatic hydroxyl groups is 1. The Morgan fingerprint density at radius 1 is 0.848 bits per heavy atom. The highest BCUT2D eigenvalue weighted by atomic mass is 16.6. The van der Waals surface area contributed by atoms with Crippen LogP contribution in [0.5, 0.6) is 17.2 Å². The number of nitro groups is 1. The quantitative estimate of drug-likeness (QED) is 0.101. The second-order valence-electron chi connectivity index (χ2n) is 9.77. The number of allylic oxidation sites excluding steroid dienone is 3. The molecule has 1 heterocycles. The minimum absolute atomic E-state index is 0.116. The summed E-state index contributed by atoms with van der Waals surface area (Å²) >= 11 is 0. The van der Waals surface area contributed by atoms with Crippen LogP contribution in [0.15, 0.2) is 95.3 Å². The van der Waals surface area contributed by atoms with Crippen LogP contribution < -0.4 is 14.8 Å². The monoisotopic (exact) mass is 630 g/mol. The molecule has 0 aromatic heterocycles. The van der Waals surface area contributed by atoms with E-state index < -0.39 is 22.8 Å². The van der Waals surface area contributed by atoms with Crippen LogP contribution >= 0.6 is 0 Å². The number of carbonyl (C=O) groups is 3. The Balaban J connectivity index is 0.000000254. The van der Waals surface area contributed by atoms with Gasteiger partial charge in [-0.3, -0.25) is 14.9 Å². The lowest BCUT2D eigenvalue weighted by atomic mass is 9.79. The molecule has 0 saturated carbocycles. The topological polar surface area (TPSA) is 164 Å².